The Kier molecular flexibility index (Phi) is 4.08. The Hall–Kier alpha value is -2.73. The van der Waals surface area contributed by atoms with Gasteiger partial charge in [-0.1, -0.05) is 30.3 Å². The number of hydrogen-bond donors (Lipinski definition) is 1. The van der Waals surface area contributed by atoms with E-state index in [1.807, 2.05) is 6.07 Å². The maximum absolute atomic E-state index is 12.5. The minimum Gasteiger partial charge on any atom is -0.504 e. The lowest BCUT2D eigenvalue weighted by Crippen LogP contribution is -2.27. The van der Waals surface area contributed by atoms with Crippen molar-refractivity contribution in [1.82, 2.24) is 0 Å². The van der Waals surface area contributed by atoms with E-state index in [-0.39, 0.29) is 15.9 Å². The van der Waals surface area contributed by atoms with Crippen molar-refractivity contribution in [2.45, 2.75) is 0 Å². The summed E-state index contributed by atoms with van der Waals surface area (Å²) in [6.45, 7) is 0. The number of aromatic hydroxyl groups is 1. The molecular weight excluding hydrogens is 314 g/mol. The van der Waals surface area contributed by atoms with Crippen LogP contribution in [-0.4, -0.2) is 23.4 Å². The second-order valence-electron chi connectivity index (χ2n) is 4.75. The fourth-order valence-corrected chi connectivity index (χ4v) is 3.06. The van der Waals surface area contributed by atoms with Crippen molar-refractivity contribution in [1.29, 1.82) is 0 Å². The molecule has 1 N–H and O–H groups in total. The molecular formula is C17H13NO4S. The molecule has 1 aliphatic heterocycles. The summed E-state index contributed by atoms with van der Waals surface area (Å²) in [6.07, 6.45) is 1.49. The summed E-state index contributed by atoms with van der Waals surface area (Å²) in [5.74, 6) is -0.170. The molecule has 0 atom stereocenters. The number of phenols is 1. The first-order valence-electron chi connectivity index (χ1n) is 6.81. The Morgan fingerprint density at radius 2 is 1.83 bits per heavy atom. The Morgan fingerprint density at radius 3 is 2.52 bits per heavy atom. The number of ether oxygens (including phenoxy) is 1. The highest BCUT2D eigenvalue weighted by Crippen LogP contribution is 2.38. The maximum Gasteiger partial charge on any atom is 0.298 e. The topological polar surface area (TPSA) is 66.8 Å². The largest absolute Gasteiger partial charge is 0.504 e. The molecule has 0 unspecified atom stereocenters. The zero-order valence-electron chi connectivity index (χ0n) is 12.2. The summed E-state index contributed by atoms with van der Waals surface area (Å²) in [5.41, 5.74) is 0.941. The van der Waals surface area contributed by atoms with Crippen molar-refractivity contribution in [3.8, 4) is 11.5 Å². The van der Waals surface area contributed by atoms with Gasteiger partial charge >= 0.3 is 0 Å². The molecule has 6 heteroatoms. The van der Waals surface area contributed by atoms with Crippen LogP contribution in [0, 0.1) is 0 Å². The Bertz CT molecular complexity index is 801. The number of para-hydroxylation sites is 2. The molecule has 0 aromatic heterocycles. The number of carbonyl (C=O) groups excluding carboxylic acids is 2. The van der Waals surface area contributed by atoms with Gasteiger partial charge in [-0.05, 0) is 36.0 Å². The smallest absolute Gasteiger partial charge is 0.298 e. The van der Waals surface area contributed by atoms with Crippen molar-refractivity contribution >= 4 is 34.7 Å². The fraction of sp³-hybridized carbons (Fsp3) is 0.0588. The maximum atomic E-state index is 12.5. The summed E-state index contributed by atoms with van der Waals surface area (Å²) in [7, 11) is 1.45. The first-order chi connectivity index (χ1) is 11.1. The van der Waals surface area contributed by atoms with E-state index in [4.69, 9.17) is 4.74 Å². The molecule has 2 aromatic rings. The van der Waals surface area contributed by atoms with Crippen LogP contribution in [0.25, 0.3) is 6.08 Å². The molecule has 0 saturated carbocycles. The zero-order valence-corrected chi connectivity index (χ0v) is 13.0. The van der Waals surface area contributed by atoms with E-state index in [1.165, 1.54) is 13.2 Å². The molecule has 0 bridgehead atoms. The highest BCUT2D eigenvalue weighted by atomic mass is 32.2. The predicted octanol–water partition coefficient (Wildman–Crippen LogP) is 3.64. The van der Waals surface area contributed by atoms with Crippen molar-refractivity contribution in [2.24, 2.45) is 0 Å². The van der Waals surface area contributed by atoms with Crippen LogP contribution >= 0.6 is 11.8 Å². The predicted molar refractivity (Wildman–Crippen MR) is 89.6 cm³/mol. The number of benzene rings is 2. The quantitative estimate of drug-likeness (QED) is 0.872. The summed E-state index contributed by atoms with van der Waals surface area (Å²) >= 11 is 0.840. The lowest BCUT2D eigenvalue weighted by Gasteiger charge is -2.11. The summed E-state index contributed by atoms with van der Waals surface area (Å²) < 4.78 is 5.04. The lowest BCUT2D eigenvalue weighted by molar-refractivity contribution is -0.113. The van der Waals surface area contributed by atoms with Crippen LogP contribution in [0.5, 0.6) is 11.5 Å². The molecule has 1 saturated heterocycles. The van der Waals surface area contributed by atoms with Gasteiger partial charge in [0, 0.05) is 5.56 Å². The van der Waals surface area contributed by atoms with Crippen molar-refractivity contribution < 1.29 is 19.4 Å². The molecule has 3 rings (SSSR count). The van der Waals surface area contributed by atoms with Crippen LogP contribution in [0.1, 0.15) is 5.56 Å². The van der Waals surface area contributed by atoms with Gasteiger partial charge in [-0.3, -0.25) is 9.59 Å². The Balaban J connectivity index is 1.97. The number of amides is 2. The van der Waals surface area contributed by atoms with Gasteiger partial charge in [0.15, 0.2) is 11.5 Å². The molecule has 0 radical (unpaired) electrons. The van der Waals surface area contributed by atoms with Gasteiger partial charge in [0.25, 0.3) is 11.1 Å². The van der Waals surface area contributed by atoms with Crippen LogP contribution in [0.3, 0.4) is 0 Å². The van der Waals surface area contributed by atoms with Crippen LogP contribution in [0.4, 0.5) is 10.5 Å². The molecule has 2 aromatic carbocycles. The number of carbonyl (C=O) groups is 2. The number of methoxy groups -OCH3 is 1. The molecule has 0 spiro atoms. The van der Waals surface area contributed by atoms with Gasteiger partial charge in [0.1, 0.15) is 0 Å². The van der Waals surface area contributed by atoms with Gasteiger partial charge in [-0.2, -0.15) is 0 Å². The molecule has 1 heterocycles. The normalized spacial score (nSPS) is 16.2. The molecule has 23 heavy (non-hydrogen) atoms. The van der Waals surface area contributed by atoms with Crippen molar-refractivity contribution in [2.75, 3.05) is 12.0 Å². The first kappa shape index (κ1) is 15.2. The number of thioether (sulfide) groups is 1. The molecule has 0 aliphatic carbocycles. The van der Waals surface area contributed by atoms with Gasteiger partial charge in [0.05, 0.1) is 17.7 Å². The molecule has 1 fully saturated rings. The van der Waals surface area contributed by atoms with E-state index in [2.05, 4.69) is 0 Å². The van der Waals surface area contributed by atoms with Crippen molar-refractivity contribution in [3.63, 3.8) is 0 Å². The van der Waals surface area contributed by atoms with Crippen LogP contribution < -0.4 is 9.64 Å². The second kappa shape index (κ2) is 6.18. The summed E-state index contributed by atoms with van der Waals surface area (Å²) in [5, 5.41) is 9.73. The number of nitrogens with zero attached hydrogens (tertiary/aromatic N) is 1. The van der Waals surface area contributed by atoms with Crippen molar-refractivity contribution in [3.05, 3.63) is 59.0 Å². The van der Waals surface area contributed by atoms with E-state index >= 15 is 0 Å². The van der Waals surface area contributed by atoms with Crippen LogP contribution in [0.15, 0.2) is 53.4 Å². The minimum absolute atomic E-state index is 0.0680. The van der Waals surface area contributed by atoms with Crippen LogP contribution in [-0.2, 0) is 4.79 Å². The Morgan fingerprint density at radius 1 is 1.09 bits per heavy atom. The number of hydrogen-bond acceptors (Lipinski definition) is 5. The number of anilines is 1. The summed E-state index contributed by atoms with van der Waals surface area (Å²) in [4.78, 5) is 26.0. The van der Waals surface area contributed by atoms with E-state index < -0.39 is 5.91 Å². The average Bonchev–Trinajstić information content (AvgIpc) is 2.84. The lowest BCUT2D eigenvalue weighted by atomic mass is 10.1. The molecule has 116 valence electrons. The standard InChI is InChI=1S/C17H13NO4S/c1-22-13-9-5-6-11(15(13)19)10-14-16(20)18(17(21)23-14)12-7-3-2-4-8-12/h2-10,19H,1H3. The minimum atomic E-state index is -0.409. The third-order valence-electron chi connectivity index (χ3n) is 3.34. The van der Waals surface area contributed by atoms with Crippen LogP contribution in [0.2, 0.25) is 0 Å². The fourth-order valence-electron chi connectivity index (χ4n) is 2.23. The molecule has 2 amide bonds. The highest BCUT2D eigenvalue weighted by Gasteiger charge is 2.36. The van der Waals surface area contributed by atoms with Gasteiger partial charge in [-0.25, -0.2) is 4.90 Å². The van der Waals surface area contributed by atoms with E-state index in [9.17, 15) is 14.7 Å². The number of imide groups is 1. The van der Waals surface area contributed by atoms with E-state index in [1.54, 1.807) is 42.5 Å². The second-order valence-corrected chi connectivity index (χ2v) is 5.74. The van der Waals surface area contributed by atoms with Gasteiger partial charge in [-0.15, -0.1) is 0 Å². The van der Waals surface area contributed by atoms with E-state index in [0.29, 0.717) is 17.0 Å². The third-order valence-corrected chi connectivity index (χ3v) is 4.21. The molecule has 5 nitrogen and oxygen atoms in total. The highest BCUT2D eigenvalue weighted by molar-refractivity contribution is 8.19. The number of rotatable bonds is 3. The SMILES string of the molecule is COc1cccc(C=C2SC(=O)N(c3ccccc3)C2=O)c1O. The average molecular weight is 327 g/mol. The van der Waals surface area contributed by atoms with Gasteiger partial charge in [0.2, 0.25) is 0 Å². The molecule has 1 aliphatic rings. The third kappa shape index (κ3) is 2.80. The summed E-state index contributed by atoms with van der Waals surface area (Å²) in [6, 6.07) is 13.7. The monoisotopic (exact) mass is 327 g/mol. The Labute approximate surface area is 137 Å². The number of phenolic OH excluding ortho intramolecular Hbond substituents is 1. The zero-order chi connectivity index (χ0) is 16.4. The van der Waals surface area contributed by atoms with Gasteiger partial charge < -0.3 is 9.84 Å². The first-order valence-corrected chi connectivity index (χ1v) is 7.62. The van der Waals surface area contributed by atoms with E-state index in [0.717, 1.165) is 16.7 Å².